The maximum absolute atomic E-state index is 2.41. The number of rotatable bonds is 4. The molecule has 0 unspecified atom stereocenters. The molecule has 0 fully saturated rings. The monoisotopic (exact) mass is 582 g/mol. The van der Waals surface area contributed by atoms with Gasteiger partial charge < -0.3 is 0 Å². The van der Waals surface area contributed by atoms with Gasteiger partial charge in [0.05, 0.1) is 0 Å². The van der Waals surface area contributed by atoms with Gasteiger partial charge in [-0.25, -0.2) is 0 Å². The van der Waals surface area contributed by atoms with E-state index in [2.05, 4.69) is 182 Å². The summed E-state index contributed by atoms with van der Waals surface area (Å²) in [5.74, 6) is 0. The minimum Gasteiger partial charge on any atom is -0.0622 e. The first-order valence-corrected chi connectivity index (χ1v) is 15.9. The zero-order valence-electron chi connectivity index (χ0n) is 25.3. The van der Waals surface area contributed by atoms with Crippen LogP contribution in [0.5, 0.6) is 0 Å². The van der Waals surface area contributed by atoms with E-state index >= 15 is 0 Å². The molecule has 0 N–H and O–H groups in total. The zero-order chi connectivity index (χ0) is 30.5. The standard InChI is InChI=1S/C46H30/c1-3-13-32(14-4-1)45-41-19-9-10-20-42(41)46(33-15-5-2-6-16-33)44-30-36(25-27-43(44)45)35-24-26-40-37(29-35)18-11-21-39(40)38-23-22-31-12-7-8-17-34(31)28-38/h1-30H. The second-order valence-electron chi connectivity index (χ2n) is 12.1. The van der Waals surface area contributed by atoms with E-state index in [9.17, 15) is 0 Å². The highest BCUT2D eigenvalue weighted by Gasteiger charge is 2.17. The summed E-state index contributed by atoms with van der Waals surface area (Å²) in [6.45, 7) is 0. The van der Waals surface area contributed by atoms with Crippen molar-refractivity contribution < 1.29 is 0 Å². The summed E-state index contributed by atoms with van der Waals surface area (Å²) in [5.41, 5.74) is 10.00. The van der Waals surface area contributed by atoms with Crippen LogP contribution >= 0.6 is 0 Å². The van der Waals surface area contributed by atoms with E-state index in [1.807, 2.05) is 0 Å². The molecule has 0 spiro atoms. The van der Waals surface area contributed by atoms with E-state index in [0.29, 0.717) is 0 Å². The van der Waals surface area contributed by atoms with Crippen molar-refractivity contribution in [3.05, 3.63) is 182 Å². The minimum atomic E-state index is 1.22. The van der Waals surface area contributed by atoms with Crippen molar-refractivity contribution in [3.63, 3.8) is 0 Å². The Bertz CT molecular complexity index is 2560. The van der Waals surface area contributed by atoms with Crippen LogP contribution in [0.2, 0.25) is 0 Å². The van der Waals surface area contributed by atoms with Gasteiger partial charge in [0, 0.05) is 0 Å². The number of fused-ring (bicyclic) bond motifs is 4. The molecular weight excluding hydrogens is 553 g/mol. The molecule has 9 aromatic carbocycles. The fraction of sp³-hybridized carbons (Fsp3) is 0. The third-order valence-electron chi connectivity index (χ3n) is 9.42. The second kappa shape index (κ2) is 10.9. The lowest BCUT2D eigenvalue weighted by Crippen LogP contribution is -1.91. The molecule has 0 radical (unpaired) electrons. The number of hydrogen-bond acceptors (Lipinski definition) is 0. The Morgan fingerprint density at radius 1 is 0.217 bits per heavy atom. The highest BCUT2D eigenvalue weighted by atomic mass is 14.2. The van der Waals surface area contributed by atoms with Crippen LogP contribution in [0.3, 0.4) is 0 Å². The molecule has 9 rings (SSSR count). The van der Waals surface area contributed by atoms with E-state index in [1.165, 1.54) is 87.6 Å². The highest BCUT2D eigenvalue weighted by Crippen LogP contribution is 2.45. The first kappa shape index (κ1) is 26.4. The molecule has 9 aromatic rings. The molecule has 0 heteroatoms. The first-order chi connectivity index (χ1) is 22.8. The maximum atomic E-state index is 2.41. The lowest BCUT2D eigenvalue weighted by Gasteiger charge is -2.19. The van der Waals surface area contributed by atoms with Crippen molar-refractivity contribution in [2.75, 3.05) is 0 Å². The summed E-state index contributed by atoms with van der Waals surface area (Å²) in [6.07, 6.45) is 0. The molecule has 0 aliphatic heterocycles. The second-order valence-corrected chi connectivity index (χ2v) is 12.1. The Balaban J connectivity index is 1.26. The van der Waals surface area contributed by atoms with Gasteiger partial charge in [0.15, 0.2) is 0 Å². The third-order valence-corrected chi connectivity index (χ3v) is 9.42. The quantitative estimate of drug-likeness (QED) is 0.181. The Hall–Kier alpha value is -5.98. The van der Waals surface area contributed by atoms with Crippen molar-refractivity contribution in [2.45, 2.75) is 0 Å². The van der Waals surface area contributed by atoms with Crippen LogP contribution in [0, 0.1) is 0 Å². The molecule has 0 bridgehead atoms. The van der Waals surface area contributed by atoms with Gasteiger partial charge in [0.2, 0.25) is 0 Å². The van der Waals surface area contributed by atoms with Crippen LogP contribution in [0.25, 0.3) is 87.6 Å². The van der Waals surface area contributed by atoms with Gasteiger partial charge in [-0.3, -0.25) is 0 Å². The molecule has 46 heavy (non-hydrogen) atoms. The summed E-state index contributed by atoms with van der Waals surface area (Å²) in [7, 11) is 0. The first-order valence-electron chi connectivity index (χ1n) is 15.9. The zero-order valence-corrected chi connectivity index (χ0v) is 25.3. The van der Waals surface area contributed by atoms with Crippen molar-refractivity contribution in [2.24, 2.45) is 0 Å². The van der Waals surface area contributed by atoms with E-state index in [0.717, 1.165) is 0 Å². The van der Waals surface area contributed by atoms with Crippen molar-refractivity contribution >= 4 is 43.1 Å². The van der Waals surface area contributed by atoms with Gasteiger partial charge in [-0.05, 0) is 106 Å². The van der Waals surface area contributed by atoms with Gasteiger partial charge in [-0.15, -0.1) is 0 Å². The molecule has 0 amide bonds. The molecule has 0 aliphatic carbocycles. The van der Waals surface area contributed by atoms with Crippen LogP contribution in [0.4, 0.5) is 0 Å². The normalized spacial score (nSPS) is 11.5. The van der Waals surface area contributed by atoms with Gasteiger partial charge in [0.1, 0.15) is 0 Å². The SMILES string of the molecule is c1ccc(-c2c3ccccc3c(-c3ccccc3)c3cc(-c4ccc5c(-c6ccc7ccccc7c6)cccc5c4)ccc23)cc1. The average Bonchev–Trinajstić information content (AvgIpc) is 3.13. The minimum absolute atomic E-state index is 1.22. The Kier molecular flexibility index (Phi) is 6.25. The van der Waals surface area contributed by atoms with Gasteiger partial charge >= 0.3 is 0 Å². The smallest absolute Gasteiger partial charge is 0.00262 e. The summed E-state index contributed by atoms with van der Waals surface area (Å²) in [4.78, 5) is 0. The average molecular weight is 583 g/mol. The topological polar surface area (TPSA) is 0 Å². The van der Waals surface area contributed by atoms with E-state index in [-0.39, 0.29) is 0 Å². The van der Waals surface area contributed by atoms with E-state index in [4.69, 9.17) is 0 Å². The highest BCUT2D eigenvalue weighted by molar-refractivity contribution is 6.22. The third kappa shape index (κ3) is 4.38. The lowest BCUT2D eigenvalue weighted by molar-refractivity contribution is 1.63. The number of benzene rings is 9. The molecule has 0 saturated heterocycles. The predicted octanol–water partition coefficient (Wildman–Crippen LogP) is 13.0. The summed E-state index contributed by atoms with van der Waals surface area (Å²) >= 11 is 0. The van der Waals surface area contributed by atoms with Crippen LogP contribution in [-0.2, 0) is 0 Å². The fourth-order valence-corrected chi connectivity index (χ4v) is 7.26. The van der Waals surface area contributed by atoms with Crippen LogP contribution < -0.4 is 0 Å². The summed E-state index contributed by atoms with van der Waals surface area (Å²) in [5, 5.41) is 10.1. The van der Waals surface area contributed by atoms with Crippen molar-refractivity contribution in [1.29, 1.82) is 0 Å². The van der Waals surface area contributed by atoms with Crippen LogP contribution in [0.1, 0.15) is 0 Å². The largest absolute Gasteiger partial charge is 0.0622 e. The Labute approximate surface area is 268 Å². The fourth-order valence-electron chi connectivity index (χ4n) is 7.26. The van der Waals surface area contributed by atoms with Gasteiger partial charge in [-0.2, -0.15) is 0 Å². The lowest BCUT2D eigenvalue weighted by atomic mass is 9.84. The molecule has 0 atom stereocenters. The van der Waals surface area contributed by atoms with Crippen molar-refractivity contribution in [3.8, 4) is 44.5 Å². The van der Waals surface area contributed by atoms with Crippen molar-refractivity contribution in [1.82, 2.24) is 0 Å². The Morgan fingerprint density at radius 3 is 1.43 bits per heavy atom. The molecule has 0 aliphatic rings. The summed E-state index contributed by atoms with van der Waals surface area (Å²) < 4.78 is 0. The van der Waals surface area contributed by atoms with E-state index < -0.39 is 0 Å². The molecular formula is C46H30. The molecule has 0 heterocycles. The predicted molar refractivity (Wildman–Crippen MR) is 198 cm³/mol. The van der Waals surface area contributed by atoms with Crippen LogP contribution in [-0.4, -0.2) is 0 Å². The summed E-state index contributed by atoms with van der Waals surface area (Å²) in [6, 6.07) is 66.5. The van der Waals surface area contributed by atoms with Gasteiger partial charge in [0.25, 0.3) is 0 Å². The Morgan fingerprint density at radius 2 is 0.717 bits per heavy atom. The number of hydrogen-bond donors (Lipinski definition) is 0. The molecule has 0 saturated carbocycles. The molecule has 0 aromatic heterocycles. The van der Waals surface area contributed by atoms with E-state index in [1.54, 1.807) is 0 Å². The molecule has 214 valence electrons. The molecule has 0 nitrogen and oxygen atoms in total. The maximum Gasteiger partial charge on any atom is -0.00262 e. The van der Waals surface area contributed by atoms with Crippen LogP contribution in [0.15, 0.2) is 182 Å². The van der Waals surface area contributed by atoms with Gasteiger partial charge in [-0.1, -0.05) is 164 Å².